The molecule has 2 heterocycles. The summed E-state index contributed by atoms with van der Waals surface area (Å²) in [4.78, 5) is 16.5. The van der Waals surface area contributed by atoms with Gasteiger partial charge in [0, 0.05) is 12.1 Å². The van der Waals surface area contributed by atoms with Crippen molar-refractivity contribution in [1.29, 1.82) is 0 Å². The van der Waals surface area contributed by atoms with E-state index in [2.05, 4.69) is 35.8 Å². The van der Waals surface area contributed by atoms with E-state index in [-0.39, 0.29) is 5.78 Å². The molecule has 2 aromatic heterocycles. The Morgan fingerprint density at radius 1 is 1.04 bits per heavy atom. The molecule has 4 nitrogen and oxygen atoms in total. The summed E-state index contributed by atoms with van der Waals surface area (Å²) < 4.78 is 7.97. The topological polar surface area (TPSA) is 48.0 Å². The summed E-state index contributed by atoms with van der Waals surface area (Å²) in [5, 5.41) is 0. The van der Waals surface area contributed by atoms with Gasteiger partial charge in [-0.3, -0.25) is 4.79 Å². The van der Waals surface area contributed by atoms with Crippen LogP contribution in [0.15, 0.2) is 59.0 Å². The number of benzene rings is 2. The molecule has 0 saturated heterocycles. The number of hydrogen-bond acceptors (Lipinski definition) is 3. The van der Waals surface area contributed by atoms with Crippen molar-refractivity contribution in [3.8, 4) is 11.6 Å². The fourth-order valence-electron chi connectivity index (χ4n) is 3.13. The first-order valence-corrected chi connectivity index (χ1v) is 8.65. The summed E-state index contributed by atoms with van der Waals surface area (Å²) in [5.74, 6) is 2.39. The first-order valence-electron chi connectivity index (χ1n) is 8.65. The molecule has 2 aromatic carbocycles. The molecule has 4 heteroatoms. The highest BCUT2D eigenvalue weighted by molar-refractivity contribution is 5.97. The number of rotatable bonds is 4. The lowest BCUT2D eigenvalue weighted by molar-refractivity contribution is 0.101. The first kappa shape index (κ1) is 16.3. The van der Waals surface area contributed by atoms with Crippen LogP contribution >= 0.6 is 0 Å². The Hall–Kier alpha value is -3.14. The molecule has 0 fully saturated rings. The molecule has 0 N–H and O–H groups in total. The maximum Gasteiger partial charge on any atom is 0.177 e. The van der Waals surface area contributed by atoms with Gasteiger partial charge >= 0.3 is 0 Å². The van der Waals surface area contributed by atoms with E-state index < -0.39 is 0 Å². The molecule has 0 aliphatic carbocycles. The minimum atomic E-state index is 0.0374. The molecule has 0 aliphatic rings. The Labute approximate surface area is 152 Å². The average Bonchev–Trinajstić information content (AvgIpc) is 3.20. The van der Waals surface area contributed by atoms with E-state index in [1.807, 2.05) is 37.3 Å². The Balaban J connectivity index is 1.89. The van der Waals surface area contributed by atoms with Crippen LogP contribution in [0.3, 0.4) is 0 Å². The number of imidazole rings is 1. The van der Waals surface area contributed by atoms with Gasteiger partial charge in [-0.25, -0.2) is 4.98 Å². The van der Waals surface area contributed by atoms with E-state index in [4.69, 9.17) is 9.40 Å². The number of hydrogen-bond donors (Lipinski definition) is 0. The molecule has 0 bridgehead atoms. The lowest BCUT2D eigenvalue weighted by Crippen LogP contribution is -2.02. The van der Waals surface area contributed by atoms with E-state index in [0.29, 0.717) is 12.1 Å². The van der Waals surface area contributed by atoms with Gasteiger partial charge in [0.15, 0.2) is 17.4 Å². The van der Waals surface area contributed by atoms with Gasteiger partial charge in [0.2, 0.25) is 0 Å². The zero-order valence-electron chi connectivity index (χ0n) is 15.1. The number of Topliss-reactive ketones (excluding diaryl/α,β-unsaturated/α-hetero) is 1. The highest BCUT2D eigenvalue weighted by atomic mass is 16.3. The van der Waals surface area contributed by atoms with Crippen molar-refractivity contribution in [3.05, 3.63) is 77.0 Å². The van der Waals surface area contributed by atoms with Crippen molar-refractivity contribution in [1.82, 2.24) is 9.55 Å². The Bertz CT molecular complexity index is 1100. The largest absolute Gasteiger partial charge is 0.458 e. The molecule has 4 aromatic rings. The van der Waals surface area contributed by atoms with Crippen LogP contribution in [0.5, 0.6) is 0 Å². The normalized spacial score (nSPS) is 11.2. The van der Waals surface area contributed by atoms with Gasteiger partial charge in [-0.2, -0.15) is 0 Å². The third kappa shape index (κ3) is 2.94. The van der Waals surface area contributed by atoms with E-state index in [1.165, 1.54) is 11.1 Å². The molecular weight excluding hydrogens is 324 g/mol. The third-order valence-electron chi connectivity index (χ3n) is 4.58. The maximum absolute atomic E-state index is 11.7. The standard InChI is InChI=1S/C22H20N2O2/c1-14-4-7-17(8-5-14)13-24-20-10-9-18(16(3)25)12-19(20)23-22(24)21-11-6-15(2)26-21/h4-12H,13H2,1-3H3. The van der Waals surface area contributed by atoms with Crippen LogP contribution < -0.4 is 0 Å². The second-order valence-corrected chi connectivity index (χ2v) is 6.68. The van der Waals surface area contributed by atoms with Gasteiger partial charge in [-0.15, -0.1) is 0 Å². The molecule has 130 valence electrons. The van der Waals surface area contributed by atoms with Crippen LogP contribution in [-0.2, 0) is 6.54 Å². The Kier molecular flexibility index (Phi) is 3.96. The summed E-state index contributed by atoms with van der Waals surface area (Å²) in [6.45, 7) is 6.26. The predicted molar refractivity (Wildman–Crippen MR) is 102 cm³/mol. The molecule has 0 aliphatic heterocycles. The van der Waals surface area contributed by atoms with Crippen LogP contribution in [0, 0.1) is 13.8 Å². The van der Waals surface area contributed by atoms with Crippen molar-refractivity contribution < 1.29 is 9.21 Å². The Morgan fingerprint density at radius 3 is 2.46 bits per heavy atom. The van der Waals surface area contributed by atoms with E-state index in [9.17, 15) is 4.79 Å². The molecular formula is C22H20N2O2. The highest BCUT2D eigenvalue weighted by Crippen LogP contribution is 2.28. The second-order valence-electron chi connectivity index (χ2n) is 6.68. The van der Waals surface area contributed by atoms with E-state index in [0.717, 1.165) is 28.4 Å². The molecule has 0 unspecified atom stereocenters. The van der Waals surface area contributed by atoms with Gasteiger partial charge in [-0.05, 0) is 56.7 Å². The minimum Gasteiger partial charge on any atom is -0.458 e. The molecule has 0 amide bonds. The second kappa shape index (κ2) is 6.30. The summed E-state index contributed by atoms with van der Waals surface area (Å²) in [7, 11) is 0. The minimum absolute atomic E-state index is 0.0374. The van der Waals surface area contributed by atoms with Crippen LogP contribution in [0.1, 0.15) is 34.2 Å². The van der Waals surface area contributed by atoms with Crippen molar-refractivity contribution in [2.45, 2.75) is 27.3 Å². The SMILES string of the molecule is CC(=O)c1ccc2c(c1)nc(-c1ccc(C)o1)n2Cc1ccc(C)cc1. The smallest absolute Gasteiger partial charge is 0.177 e. The number of carbonyl (C=O) groups excluding carboxylic acids is 1. The number of furan rings is 1. The van der Waals surface area contributed by atoms with Gasteiger partial charge in [-0.1, -0.05) is 29.8 Å². The summed E-state index contributed by atoms with van der Waals surface area (Å²) >= 11 is 0. The van der Waals surface area contributed by atoms with Crippen molar-refractivity contribution in [3.63, 3.8) is 0 Å². The third-order valence-corrected chi connectivity index (χ3v) is 4.58. The van der Waals surface area contributed by atoms with Crippen LogP contribution in [-0.4, -0.2) is 15.3 Å². The van der Waals surface area contributed by atoms with Crippen molar-refractivity contribution in [2.24, 2.45) is 0 Å². The first-order chi connectivity index (χ1) is 12.5. The summed E-state index contributed by atoms with van der Waals surface area (Å²) in [5.41, 5.74) is 4.88. The van der Waals surface area contributed by atoms with Crippen molar-refractivity contribution in [2.75, 3.05) is 0 Å². The molecule has 0 spiro atoms. The average molecular weight is 344 g/mol. The van der Waals surface area contributed by atoms with E-state index in [1.54, 1.807) is 6.92 Å². The molecule has 0 radical (unpaired) electrons. The maximum atomic E-state index is 11.7. The predicted octanol–water partition coefficient (Wildman–Crippen LogP) is 5.16. The highest BCUT2D eigenvalue weighted by Gasteiger charge is 2.16. The van der Waals surface area contributed by atoms with Gasteiger partial charge in [0.1, 0.15) is 5.76 Å². The number of aromatic nitrogens is 2. The van der Waals surface area contributed by atoms with Crippen LogP contribution in [0.4, 0.5) is 0 Å². The summed E-state index contributed by atoms with van der Waals surface area (Å²) in [6.07, 6.45) is 0. The Morgan fingerprint density at radius 2 is 1.81 bits per heavy atom. The number of nitrogens with zero attached hydrogens (tertiary/aromatic N) is 2. The fourth-order valence-corrected chi connectivity index (χ4v) is 3.13. The fraction of sp³-hybridized carbons (Fsp3) is 0.182. The molecule has 4 rings (SSSR count). The lowest BCUT2D eigenvalue weighted by atomic mass is 10.1. The zero-order valence-corrected chi connectivity index (χ0v) is 15.1. The van der Waals surface area contributed by atoms with Gasteiger partial charge in [0.25, 0.3) is 0 Å². The quantitative estimate of drug-likeness (QED) is 0.480. The molecule has 0 atom stereocenters. The van der Waals surface area contributed by atoms with Crippen LogP contribution in [0.2, 0.25) is 0 Å². The summed E-state index contributed by atoms with van der Waals surface area (Å²) in [6, 6.07) is 18.0. The number of ketones is 1. The number of aryl methyl sites for hydroxylation is 2. The van der Waals surface area contributed by atoms with Crippen molar-refractivity contribution >= 4 is 16.8 Å². The lowest BCUT2D eigenvalue weighted by Gasteiger charge is -2.09. The number of fused-ring (bicyclic) bond motifs is 1. The molecule has 26 heavy (non-hydrogen) atoms. The van der Waals surface area contributed by atoms with Crippen LogP contribution in [0.25, 0.3) is 22.6 Å². The van der Waals surface area contributed by atoms with E-state index >= 15 is 0 Å². The van der Waals surface area contributed by atoms with Gasteiger partial charge < -0.3 is 8.98 Å². The number of carbonyl (C=O) groups is 1. The van der Waals surface area contributed by atoms with Gasteiger partial charge in [0.05, 0.1) is 11.0 Å². The zero-order chi connectivity index (χ0) is 18.3. The monoisotopic (exact) mass is 344 g/mol. The molecule has 0 saturated carbocycles.